The molecule has 2 rings (SSSR count). The maximum Gasteiger partial charge on any atom is 0.164 e. The summed E-state index contributed by atoms with van der Waals surface area (Å²) in [6.45, 7) is 6.28. The third kappa shape index (κ3) is 3.13. The number of halogens is 1. The van der Waals surface area contributed by atoms with Gasteiger partial charge >= 0.3 is 0 Å². The van der Waals surface area contributed by atoms with Crippen molar-refractivity contribution >= 4 is 23.5 Å². The van der Waals surface area contributed by atoms with Crippen molar-refractivity contribution in [2.24, 2.45) is 0 Å². The zero-order valence-corrected chi connectivity index (χ0v) is 12.2. The van der Waals surface area contributed by atoms with E-state index >= 15 is 0 Å². The van der Waals surface area contributed by atoms with Crippen LogP contribution in [0.15, 0.2) is 6.20 Å². The Morgan fingerprint density at radius 3 is 2.50 bits per heavy atom. The Hall–Kier alpha value is -0.705. The van der Waals surface area contributed by atoms with Gasteiger partial charge in [-0.2, -0.15) is 5.10 Å². The van der Waals surface area contributed by atoms with Crippen molar-refractivity contribution in [2.75, 3.05) is 13.1 Å². The Morgan fingerprint density at radius 2 is 2.00 bits per heavy atom. The molecule has 0 N–H and O–H groups in total. The summed E-state index contributed by atoms with van der Waals surface area (Å²) in [4.78, 5) is 2.43. The topological polar surface area (TPSA) is 21.1 Å². The normalized spacial score (nSPS) is 20.1. The number of nitrogens with zero attached hydrogens (tertiary/aromatic N) is 3. The molecule has 1 aromatic heterocycles. The molecule has 0 saturated carbocycles. The summed E-state index contributed by atoms with van der Waals surface area (Å²) in [7, 11) is 17.0. The highest BCUT2D eigenvalue weighted by atomic mass is 19.1. The molecule has 1 atom stereocenters. The summed E-state index contributed by atoms with van der Waals surface area (Å²) in [5.74, 6) is -0.314. The molecule has 20 heavy (non-hydrogen) atoms. The highest BCUT2D eigenvalue weighted by Crippen LogP contribution is 2.31. The molecule has 1 unspecified atom stereocenters. The molecule has 0 amide bonds. The molecule has 1 aliphatic heterocycles. The molecule has 2 heterocycles. The summed E-state index contributed by atoms with van der Waals surface area (Å²) in [5.41, 5.74) is 0.432. The zero-order valence-electron chi connectivity index (χ0n) is 12.2. The van der Waals surface area contributed by atoms with Crippen LogP contribution in [0, 0.1) is 5.82 Å². The molecule has 102 valence electrons. The largest absolute Gasteiger partial charge is 0.301 e. The maximum atomic E-state index is 14.0. The van der Waals surface area contributed by atoms with Crippen molar-refractivity contribution in [3.63, 3.8) is 0 Å². The molecule has 6 radical (unpaired) electrons. The van der Waals surface area contributed by atoms with Crippen LogP contribution in [0.4, 0.5) is 4.39 Å². The third-order valence-corrected chi connectivity index (χ3v) is 4.26. The first-order valence-electron chi connectivity index (χ1n) is 7.19. The smallest absolute Gasteiger partial charge is 0.164 e. The lowest BCUT2D eigenvalue weighted by molar-refractivity contribution is 0.155. The Balaban J connectivity index is 2.13. The second kappa shape index (κ2) is 5.96. The van der Waals surface area contributed by atoms with E-state index in [0.717, 1.165) is 38.5 Å². The fourth-order valence-corrected chi connectivity index (χ4v) is 2.89. The zero-order chi connectivity index (χ0) is 14.9. The SMILES string of the molecule is [B]C([B])([B])n1ncc(F)c1C1CCN(C(C)CC)CC1. The van der Waals surface area contributed by atoms with Crippen LogP contribution in [0.5, 0.6) is 0 Å². The first kappa shape index (κ1) is 15.7. The number of likely N-dealkylation sites (tertiary alicyclic amines) is 1. The van der Waals surface area contributed by atoms with Crippen LogP contribution in [-0.2, 0) is 5.24 Å². The fourth-order valence-electron chi connectivity index (χ4n) is 2.89. The van der Waals surface area contributed by atoms with Gasteiger partial charge in [0.15, 0.2) is 5.82 Å². The fraction of sp³-hybridized carbons (Fsp3) is 0.769. The van der Waals surface area contributed by atoms with Crippen LogP contribution in [0.2, 0.25) is 0 Å². The van der Waals surface area contributed by atoms with Crippen LogP contribution in [0.1, 0.15) is 44.7 Å². The average Bonchev–Trinajstić information content (AvgIpc) is 2.80. The first-order chi connectivity index (χ1) is 9.34. The van der Waals surface area contributed by atoms with E-state index in [4.69, 9.17) is 23.5 Å². The lowest BCUT2D eigenvalue weighted by atomic mass is 9.49. The number of piperidine rings is 1. The summed E-state index contributed by atoms with van der Waals surface area (Å²) in [5, 5.41) is 2.23. The Labute approximate surface area is 124 Å². The number of hydrogen-bond acceptors (Lipinski definition) is 2. The molecular weight excluding hydrogens is 250 g/mol. The molecule has 1 aliphatic rings. The van der Waals surface area contributed by atoms with Gasteiger partial charge in [0.1, 0.15) is 0 Å². The lowest BCUT2D eigenvalue weighted by Gasteiger charge is -2.37. The van der Waals surface area contributed by atoms with E-state index in [-0.39, 0.29) is 11.7 Å². The summed E-state index contributed by atoms with van der Waals surface area (Å²) in [6, 6.07) is 0.559. The molecular formula is C13H19B3FN3. The molecule has 0 aromatic carbocycles. The van der Waals surface area contributed by atoms with Crippen molar-refractivity contribution < 1.29 is 4.39 Å². The van der Waals surface area contributed by atoms with Gasteiger partial charge in [-0.25, -0.2) is 4.39 Å². The molecule has 0 spiro atoms. The Kier molecular flexibility index (Phi) is 4.67. The average molecular weight is 269 g/mol. The second-order valence-corrected chi connectivity index (χ2v) is 5.74. The summed E-state index contributed by atoms with van der Waals surface area (Å²) >= 11 is 0. The minimum Gasteiger partial charge on any atom is -0.301 e. The van der Waals surface area contributed by atoms with E-state index in [9.17, 15) is 4.39 Å². The van der Waals surface area contributed by atoms with Crippen LogP contribution < -0.4 is 0 Å². The van der Waals surface area contributed by atoms with Gasteiger partial charge < -0.3 is 4.90 Å². The van der Waals surface area contributed by atoms with Crippen LogP contribution in [0.3, 0.4) is 0 Å². The van der Waals surface area contributed by atoms with Gasteiger partial charge in [0.25, 0.3) is 0 Å². The van der Waals surface area contributed by atoms with Crippen LogP contribution in [-0.4, -0.2) is 57.4 Å². The van der Waals surface area contributed by atoms with Crippen molar-refractivity contribution in [1.82, 2.24) is 14.7 Å². The molecule has 3 nitrogen and oxygen atoms in total. The van der Waals surface area contributed by atoms with Crippen LogP contribution >= 0.6 is 0 Å². The molecule has 1 saturated heterocycles. The highest BCUT2D eigenvalue weighted by Gasteiger charge is 2.30. The number of aromatic nitrogens is 2. The Morgan fingerprint density at radius 1 is 1.40 bits per heavy atom. The van der Waals surface area contributed by atoms with Gasteiger partial charge in [-0.3, -0.25) is 4.68 Å². The monoisotopic (exact) mass is 269 g/mol. The molecule has 0 bridgehead atoms. The van der Waals surface area contributed by atoms with Crippen LogP contribution in [0.25, 0.3) is 0 Å². The molecule has 1 fully saturated rings. The molecule has 1 aromatic rings. The van der Waals surface area contributed by atoms with E-state index < -0.39 is 5.24 Å². The summed E-state index contributed by atoms with van der Waals surface area (Å²) in [6.07, 6.45) is 3.98. The number of hydrogen-bond donors (Lipinski definition) is 0. The maximum absolute atomic E-state index is 14.0. The van der Waals surface area contributed by atoms with Crippen molar-refractivity contribution in [3.05, 3.63) is 17.7 Å². The van der Waals surface area contributed by atoms with E-state index in [2.05, 4.69) is 23.8 Å². The minimum atomic E-state index is -1.66. The van der Waals surface area contributed by atoms with Crippen molar-refractivity contribution in [3.8, 4) is 0 Å². The minimum absolute atomic E-state index is 0.0628. The van der Waals surface area contributed by atoms with E-state index in [1.54, 1.807) is 0 Å². The van der Waals surface area contributed by atoms with Crippen molar-refractivity contribution in [1.29, 1.82) is 0 Å². The molecule has 0 aliphatic carbocycles. The quantitative estimate of drug-likeness (QED) is 0.762. The van der Waals surface area contributed by atoms with E-state index in [1.807, 2.05) is 0 Å². The van der Waals surface area contributed by atoms with Gasteiger partial charge in [-0.15, -0.1) is 0 Å². The lowest BCUT2D eigenvalue weighted by Crippen LogP contribution is -2.42. The van der Waals surface area contributed by atoms with Gasteiger partial charge in [0.05, 0.1) is 35.4 Å². The molecule has 7 heteroatoms. The Bertz CT molecular complexity index is 450. The second-order valence-electron chi connectivity index (χ2n) is 5.74. The summed E-state index contributed by atoms with van der Waals surface area (Å²) < 4.78 is 15.2. The van der Waals surface area contributed by atoms with Gasteiger partial charge in [-0.05, 0) is 44.5 Å². The van der Waals surface area contributed by atoms with Gasteiger partial charge in [0, 0.05) is 12.0 Å². The predicted octanol–water partition coefficient (Wildman–Crippen LogP) is 1.07. The third-order valence-electron chi connectivity index (χ3n) is 4.26. The predicted molar refractivity (Wildman–Crippen MR) is 80.7 cm³/mol. The standard InChI is InChI=1S/C13H19B3FN3/c1-3-9(2)19-6-4-10(5-7-19)12-11(17)8-18-20(12)13(14,15)16/h8-10H,3-7H2,1-2H3. The van der Waals surface area contributed by atoms with Gasteiger partial charge in [-0.1, -0.05) is 6.92 Å². The highest BCUT2D eigenvalue weighted by molar-refractivity contribution is 6.56. The number of rotatable bonds is 4. The first-order valence-corrected chi connectivity index (χ1v) is 7.19. The van der Waals surface area contributed by atoms with E-state index in [1.165, 1.54) is 4.68 Å². The van der Waals surface area contributed by atoms with Gasteiger partial charge in [0.2, 0.25) is 0 Å². The van der Waals surface area contributed by atoms with Crippen molar-refractivity contribution in [2.45, 2.75) is 50.3 Å². The van der Waals surface area contributed by atoms with E-state index in [0.29, 0.717) is 11.7 Å².